The van der Waals surface area contributed by atoms with Gasteiger partial charge >= 0.3 is 5.97 Å². The number of aliphatic carboxylic acids is 1. The Morgan fingerprint density at radius 3 is 2.77 bits per heavy atom. The largest absolute Gasteiger partial charge is 0.506 e. The molecule has 0 atom stereocenters. The van der Waals surface area contributed by atoms with Crippen molar-refractivity contribution in [2.75, 3.05) is 0 Å². The Kier molecular flexibility index (Phi) is 3.97. The topological polar surface area (TPSA) is 87.5 Å². The Hall–Kier alpha value is -2.40. The Bertz CT molecular complexity index is 813. The molecule has 0 radical (unpaired) electrons. The van der Waals surface area contributed by atoms with Gasteiger partial charge in [-0.1, -0.05) is 17.6 Å². The van der Waals surface area contributed by atoms with Crippen molar-refractivity contribution in [3.05, 3.63) is 46.7 Å². The molecule has 2 aromatic rings. The third-order valence-electron chi connectivity index (χ3n) is 3.02. The van der Waals surface area contributed by atoms with Gasteiger partial charge in [-0.2, -0.15) is 0 Å². The van der Waals surface area contributed by atoms with E-state index in [-0.39, 0.29) is 35.6 Å². The van der Waals surface area contributed by atoms with Crippen LogP contribution >= 0.6 is 11.6 Å². The molecule has 0 unspecified atom stereocenters. The normalized spacial score (nSPS) is 11.7. The minimum atomic E-state index is -1.11. The maximum absolute atomic E-state index is 11.9. The maximum atomic E-state index is 11.9. The molecule has 22 heavy (non-hydrogen) atoms. The molecule has 0 saturated carbocycles. The van der Waals surface area contributed by atoms with E-state index < -0.39 is 17.5 Å². The van der Waals surface area contributed by atoms with Crippen LogP contribution in [0.1, 0.15) is 31.6 Å². The number of benzene rings is 1. The predicted octanol–water partition coefficient (Wildman–Crippen LogP) is 3.46. The number of halogens is 1. The van der Waals surface area contributed by atoms with Gasteiger partial charge < -0.3 is 10.2 Å². The number of ketones is 1. The van der Waals surface area contributed by atoms with Gasteiger partial charge in [0.05, 0.1) is 9.16 Å². The molecule has 0 aliphatic rings. The molecule has 114 valence electrons. The SMILES string of the molecule is [2H]c1cc(Cl)c([2H])c(-c2cnc(C(=O)CCC(=O)O)c(O)c2)c1C. The van der Waals surface area contributed by atoms with Crippen molar-refractivity contribution in [1.29, 1.82) is 0 Å². The van der Waals surface area contributed by atoms with Crippen LogP contribution in [0.15, 0.2) is 30.4 Å². The van der Waals surface area contributed by atoms with E-state index >= 15 is 0 Å². The van der Waals surface area contributed by atoms with E-state index in [1.54, 1.807) is 6.92 Å². The molecule has 6 heteroatoms. The van der Waals surface area contributed by atoms with E-state index in [0.29, 0.717) is 16.7 Å². The van der Waals surface area contributed by atoms with Crippen LogP contribution in [-0.2, 0) is 4.79 Å². The third kappa shape index (κ3) is 3.62. The number of aromatic hydroxyl groups is 1. The lowest BCUT2D eigenvalue weighted by Crippen LogP contribution is -2.06. The Morgan fingerprint density at radius 2 is 2.14 bits per heavy atom. The van der Waals surface area contributed by atoms with Crippen molar-refractivity contribution >= 4 is 23.4 Å². The summed E-state index contributed by atoms with van der Waals surface area (Å²) < 4.78 is 15.9. The second-order valence-electron chi connectivity index (χ2n) is 4.67. The second kappa shape index (κ2) is 6.58. The summed E-state index contributed by atoms with van der Waals surface area (Å²) in [4.78, 5) is 26.3. The van der Waals surface area contributed by atoms with Gasteiger partial charge in [0.25, 0.3) is 0 Å². The van der Waals surface area contributed by atoms with Crippen LogP contribution in [0.2, 0.25) is 5.02 Å². The molecule has 0 saturated heterocycles. The molecule has 1 aromatic carbocycles. The van der Waals surface area contributed by atoms with E-state index in [4.69, 9.17) is 19.4 Å². The van der Waals surface area contributed by atoms with Gasteiger partial charge in [0, 0.05) is 23.2 Å². The molecule has 2 rings (SSSR count). The number of carboxylic acids is 1. The highest BCUT2D eigenvalue weighted by atomic mass is 35.5. The van der Waals surface area contributed by atoms with Crippen molar-refractivity contribution in [3.63, 3.8) is 0 Å². The molecule has 0 fully saturated rings. The summed E-state index contributed by atoms with van der Waals surface area (Å²) in [6.07, 6.45) is 0.671. The summed E-state index contributed by atoms with van der Waals surface area (Å²) in [6.45, 7) is 1.65. The van der Waals surface area contributed by atoms with E-state index in [9.17, 15) is 14.7 Å². The van der Waals surface area contributed by atoms with Gasteiger partial charge in [-0.05, 0) is 36.2 Å². The van der Waals surface area contributed by atoms with Crippen LogP contribution in [0.25, 0.3) is 11.1 Å². The van der Waals surface area contributed by atoms with Crippen LogP contribution in [0.5, 0.6) is 5.75 Å². The van der Waals surface area contributed by atoms with Gasteiger partial charge in [-0.15, -0.1) is 0 Å². The summed E-state index contributed by atoms with van der Waals surface area (Å²) in [5.74, 6) is -2.11. The third-order valence-corrected chi connectivity index (χ3v) is 3.22. The monoisotopic (exact) mass is 321 g/mol. The first-order chi connectivity index (χ1) is 11.2. The molecule has 0 bridgehead atoms. The molecule has 0 aliphatic carbocycles. The maximum Gasteiger partial charge on any atom is 0.303 e. The lowest BCUT2D eigenvalue weighted by atomic mass is 10.0. The van der Waals surface area contributed by atoms with E-state index in [1.807, 2.05) is 0 Å². The van der Waals surface area contributed by atoms with E-state index in [2.05, 4.69) is 4.98 Å². The number of nitrogens with zero attached hydrogens (tertiary/aromatic N) is 1. The van der Waals surface area contributed by atoms with E-state index in [1.165, 1.54) is 18.3 Å². The quantitative estimate of drug-likeness (QED) is 0.823. The zero-order valence-corrected chi connectivity index (χ0v) is 12.4. The number of hydrogen-bond acceptors (Lipinski definition) is 4. The number of carbonyl (C=O) groups is 2. The predicted molar refractivity (Wildman–Crippen MR) is 82.3 cm³/mol. The molecule has 5 nitrogen and oxygen atoms in total. The minimum absolute atomic E-state index is 0.00341. The minimum Gasteiger partial charge on any atom is -0.506 e. The number of pyridine rings is 1. The highest BCUT2D eigenvalue weighted by molar-refractivity contribution is 6.30. The smallest absolute Gasteiger partial charge is 0.303 e. The lowest BCUT2D eigenvalue weighted by Gasteiger charge is -2.09. The van der Waals surface area contributed by atoms with E-state index in [0.717, 1.165) is 0 Å². The lowest BCUT2D eigenvalue weighted by molar-refractivity contribution is -0.136. The molecule has 0 spiro atoms. The Morgan fingerprint density at radius 1 is 1.41 bits per heavy atom. The molecule has 0 amide bonds. The average molecular weight is 322 g/mol. The fraction of sp³-hybridized carbons (Fsp3) is 0.188. The first-order valence-electron chi connectivity index (χ1n) is 7.43. The molecule has 2 N–H and O–H groups in total. The summed E-state index contributed by atoms with van der Waals surface area (Å²) in [7, 11) is 0. The van der Waals surface area contributed by atoms with Crippen LogP contribution in [-0.4, -0.2) is 26.9 Å². The number of Topliss-reactive ketones (excluding diaryl/α,β-unsaturated/α-hetero) is 1. The van der Waals surface area contributed by atoms with Crippen LogP contribution in [0, 0.1) is 6.92 Å². The zero-order valence-electron chi connectivity index (χ0n) is 13.7. The summed E-state index contributed by atoms with van der Waals surface area (Å²) in [5.41, 5.74) is 0.966. The van der Waals surface area contributed by atoms with Gasteiger partial charge in [0.1, 0.15) is 11.4 Å². The van der Waals surface area contributed by atoms with Gasteiger partial charge in [-0.25, -0.2) is 4.98 Å². The Labute approximate surface area is 135 Å². The average Bonchev–Trinajstić information content (AvgIpc) is 2.51. The van der Waals surface area contributed by atoms with Crippen LogP contribution in [0.4, 0.5) is 0 Å². The van der Waals surface area contributed by atoms with Crippen molar-refractivity contribution in [1.82, 2.24) is 4.98 Å². The molecule has 0 aliphatic heterocycles. The first kappa shape index (κ1) is 13.3. The fourth-order valence-electron chi connectivity index (χ4n) is 1.93. The zero-order chi connectivity index (χ0) is 18.0. The van der Waals surface area contributed by atoms with Crippen LogP contribution < -0.4 is 0 Å². The first-order valence-corrected chi connectivity index (χ1v) is 6.80. The van der Waals surface area contributed by atoms with Crippen LogP contribution in [0.3, 0.4) is 0 Å². The van der Waals surface area contributed by atoms with Gasteiger partial charge in [-0.3, -0.25) is 9.59 Å². The van der Waals surface area contributed by atoms with Crippen molar-refractivity contribution in [3.8, 4) is 16.9 Å². The Balaban J connectivity index is 2.44. The van der Waals surface area contributed by atoms with Crippen molar-refractivity contribution < 1.29 is 22.5 Å². The molecule has 1 aromatic heterocycles. The van der Waals surface area contributed by atoms with Crippen molar-refractivity contribution in [2.24, 2.45) is 0 Å². The fourth-order valence-corrected chi connectivity index (χ4v) is 2.07. The number of carbonyl (C=O) groups excluding carboxylic acids is 1. The van der Waals surface area contributed by atoms with Gasteiger partial charge in [0.15, 0.2) is 5.78 Å². The highest BCUT2D eigenvalue weighted by Crippen LogP contribution is 2.29. The number of rotatable bonds is 5. The summed E-state index contributed by atoms with van der Waals surface area (Å²) >= 11 is 5.93. The number of carboxylic acid groups (broad SMARTS) is 1. The summed E-state index contributed by atoms with van der Waals surface area (Å²) in [5, 5.41) is 18.7. The molecule has 1 heterocycles. The highest BCUT2D eigenvalue weighted by Gasteiger charge is 2.16. The molecular weight excluding hydrogens is 306 g/mol. The second-order valence-corrected chi connectivity index (χ2v) is 5.08. The number of hydrogen-bond donors (Lipinski definition) is 2. The molecular formula is C16H14ClNO4. The van der Waals surface area contributed by atoms with Gasteiger partial charge in [0.2, 0.25) is 0 Å². The standard InChI is InChI=1S/C16H14ClNO4/c1-9-2-3-11(17)7-12(9)10-6-14(20)16(18-8-10)13(19)4-5-15(21)22/h2-3,6-8,20H,4-5H2,1H3,(H,21,22)/i2D,7D. The van der Waals surface area contributed by atoms with Crippen molar-refractivity contribution in [2.45, 2.75) is 19.8 Å². The summed E-state index contributed by atoms with van der Waals surface area (Å²) in [6, 6.07) is 2.76. The number of aromatic nitrogens is 1.